The van der Waals surface area contributed by atoms with E-state index in [1.165, 1.54) is 11.8 Å². The van der Waals surface area contributed by atoms with Gasteiger partial charge in [-0.3, -0.25) is 5.43 Å². The fraction of sp³-hybridized carbons (Fsp3) is 0.174. The van der Waals surface area contributed by atoms with E-state index in [-0.39, 0.29) is 0 Å². The molecule has 0 bridgehead atoms. The van der Waals surface area contributed by atoms with Crippen molar-refractivity contribution in [2.75, 3.05) is 12.0 Å². The molecule has 30 heavy (non-hydrogen) atoms. The van der Waals surface area contributed by atoms with E-state index in [9.17, 15) is 5.11 Å². The van der Waals surface area contributed by atoms with Crippen molar-refractivity contribution in [1.29, 1.82) is 0 Å². The van der Waals surface area contributed by atoms with E-state index in [0.29, 0.717) is 11.6 Å². The molecule has 152 valence electrons. The second kappa shape index (κ2) is 7.54. The van der Waals surface area contributed by atoms with Crippen LogP contribution < -0.4 is 15.1 Å². The number of halogens is 1. The van der Waals surface area contributed by atoms with Gasteiger partial charge in [0.2, 0.25) is 0 Å². The van der Waals surface area contributed by atoms with Gasteiger partial charge in [0.15, 0.2) is 11.1 Å². The number of hydrogen-bond donors (Lipinski definition) is 2. The molecule has 0 radical (unpaired) electrons. The number of anilines is 1. The van der Waals surface area contributed by atoms with Gasteiger partial charge in [0, 0.05) is 28.4 Å². The van der Waals surface area contributed by atoms with Crippen LogP contribution in [0, 0.1) is 0 Å². The summed E-state index contributed by atoms with van der Waals surface area (Å²) in [6, 6.07) is 23.5. The molecule has 2 heterocycles. The van der Waals surface area contributed by atoms with Crippen LogP contribution in [-0.4, -0.2) is 23.5 Å². The van der Waals surface area contributed by atoms with Gasteiger partial charge < -0.3 is 14.7 Å². The summed E-state index contributed by atoms with van der Waals surface area (Å²) in [5, 5.41) is 17.6. The minimum absolute atomic E-state index is 0.477. The Hall–Kier alpha value is -2.67. The third-order valence-corrected chi connectivity index (χ3v) is 7.21. The number of fused-ring (bicyclic) bond motifs is 2. The zero-order valence-electron chi connectivity index (χ0n) is 16.2. The van der Waals surface area contributed by atoms with Gasteiger partial charge in [-0.25, -0.2) is 0 Å². The van der Waals surface area contributed by atoms with Crippen LogP contribution >= 0.6 is 23.4 Å². The number of methoxy groups -OCH3 is 1. The van der Waals surface area contributed by atoms with Crippen molar-refractivity contribution in [2.24, 2.45) is 5.10 Å². The Morgan fingerprint density at radius 2 is 1.90 bits per heavy atom. The van der Waals surface area contributed by atoms with Gasteiger partial charge in [-0.15, -0.1) is 0 Å². The van der Waals surface area contributed by atoms with Crippen molar-refractivity contribution in [3.8, 4) is 5.75 Å². The van der Waals surface area contributed by atoms with Crippen LogP contribution in [0.1, 0.15) is 16.7 Å². The van der Waals surface area contributed by atoms with Crippen LogP contribution in [0.25, 0.3) is 0 Å². The van der Waals surface area contributed by atoms with Crippen LogP contribution in [-0.2, 0) is 11.4 Å². The lowest BCUT2D eigenvalue weighted by molar-refractivity contribution is 0.119. The predicted molar refractivity (Wildman–Crippen MR) is 122 cm³/mol. The number of benzene rings is 3. The largest absolute Gasteiger partial charge is 0.497 e. The highest BCUT2D eigenvalue weighted by molar-refractivity contribution is 8.15. The van der Waals surface area contributed by atoms with Crippen LogP contribution in [0.4, 0.5) is 5.69 Å². The Bertz CT molecular complexity index is 1120. The zero-order chi connectivity index (χ0) is 20.7. The second-order valence-electron chi connectivity index (χ2n) is 7.21. The minimum atomic E-state index is -0.856. The Balaban J connectivity index is 1.55. The molecule has 3 aromatic rings. The summed E-state index contributed by atoms with van der Waals surface area (Å²) in [6.45, 7) is 0.477. The van der Waals surface area contributed by atoms with Gasteiger partial charge in [0.1, 0.15) is 10.8 Å². The van der Waals surface area contributed by atoms with E-state index in [1.807, 2.05) is 77.7 Å². The molecule has 0 amide bonds. The number of nitrogens with zero attached hydrogens (tertiary/aromatic N) is 2. The maximum absolute atomic E-state index is 11.5. The Kier molecular flexibility index (Phi) is 4.85. The van der Waals surface area contributed by atoms with Crippen LogP contribution in [0.5, 0.6) is 5.75 Å². The molecule has 0 aliphatic carbocycles. The molecule has 1 spiro atoms. The number of ether oxygens (including phenoxy) is 1. The first-order chi connectivity index (χ1) is 14.6. The highest BCUT2D eigenvalue weighted by Gasteiger charge is 2.55. The maximum Gasteiger partial charge on any atom is 0.177 e. The van der Waals surface area contributed by atoms with Crippen molar-refractivity contribution in [2.45, 2.75) is 17.6 Å². The Labute approximate surface area is 184 Å². The van der Waals surface area contributed by atoms with Gasteiger partial charge in [-0.2, -0.15) is 5.10 Å². The molecule has 2 aliphatic heterocycles. The zero-order valence-corrected chi connectivity index (χ0v) is 17.8. The standard InChI is InChI=1S/C23H20ClN3O2S/c1-29-17-11-12-20-18(13-17)23(26-25-21(30-23)15-7-3-2-4-8-15)22(28)27(20)14-16-9-5-6-10-19(16)24/h2-13,22,26,28H,14H2,1H3. The quantitative estimate of drug-likeness (QED) is 0.627. The lowest BCUT2D eigenvalue weighted by Gasteiger charge is -2.31. The van der Waals surface area contributed by atoms with Gasteiger partial charge >= 0.3 is 0 Å². The minimum Gasteiger partial charge on any atom is -0.497 e. The molecule has 2 N–H and O–H groups in total. The SMILES string of the molecule is COc1ccc2c(c1)C1(NN=C(c3ccccc3)S1)C(O)N2Cc1ccccc1Cl. The third kappa shape index (κ3) is 3.03. The summed E-state index contributed by atoms with van der Waals surface area (Å²) in [7, 11) is 1.64. The molecular formula is C23H20ClN3O2S. The van der Waals surface area contributed by atoms with E-state index < -0.39 is 11.1 Å². The molecule has 2 aliphatic rings. The van der Waals surface area contributed by atoms with Crippen molar-refractivity contribution >= 4 is 34.1 Å². The molecule has 0 saturated carbocycles. The lowest BCUT2D eigenvalue weighted by Crippen LogP contribution is -2.48. The normalized spacial score (nSPS) is 22.0. The fourth-order valence-electron chi connectivity index (χ4n) is 3.92. The lowest BCUT2D eigenvalue weighted by atomic mass is 10.1. The van der Waals surface area contributed by atoms with E-state index >= 15 is 0 Å². The molecule has 2 unspecified atom stereocenters. The smallest absolute Gasteiger partial charge is 0.177 e. The summed E-state index contributed by atoms with van der Waals surface area (Å²) < 4.78 is 5.47. The number of thioether (sulfide) groups is 1. The van der Waals surface area contributed by atoms with Crippen LogP contribution in [0.15, 0.2) is 77.9 Å². The first-order valence-electron chi connectivity index (χ1n) is 9.58. The molecule has 0 aromatic heterocycles. The average molecular weight is 438 g/mol. The molecule has 5 nitrogen and oxygen atoms in total. The van der Waals surface area contributed by atoms with Crippen LogP contribution in [0.2, 0.25) is 5.02 Å². The fourth-order valence-corrected chi connectivity index (χ4v) is 5.37. The molecule has 0 saturated heterocycles. The van der Waals surface area contributed by atoms with Gasteiger partial charge in [-0.05, 0) is 29.8 Å². The summed E-state index contributed by atoms with van der Waals surface area (Å²) in [4.78, 5) is 1.12. The van der Waals surface area contributed by atoms with Gasteiger partial charge in [0.05, 0.1) is 7.11 Å². The topological polar surface area (TPSA) is 57.1 Å². The number of hydrazone groups is 1. The van der Waals surface area contributed by atoms with E-state index in [2.05, 4.69) is 10.5 Å². The molecule has 5 rings (SSSR count). The molecule has 7 heteroatoms. The number of aliphatic hydroxyl groups excluding tert-OH is 1. The average Bonchev–Trinajstić information content (AvgIpc) is 3.33. The summed E-state index contributed by atoms with van der Waals surface area (Å²) in [6.07, 6.45) is -0.856. The monoisotopic (exact) mass is 437 g/mol. The highest BCUT2D eigenvalue weighted by Crippen LogP contribution is 2.54. The molecule has 2 atom stereocenters. The van der Waals surface area contributed by atoms with Gasteiger partial charge in [-0.1, -0.05) is 71.9 Å². The number of aliphatic hydroxyl groups is 1. The van der Waals surface area contributed by atoms with Crippen molar-refractivity contribution in [1.82, 2.24) is 5.43 Å². The van der Waals surface area contributed by atoms with Gasteiger partial charge in [0.25, 0.3) is 0 Å². The first kappa shape index (κ1) is 19.3. The third-order valence-electron chi connectivity index (χ3n) is 5.47. The predicted octanol–water partition coefficient (Wildman–Crippen LogP) is 4.54. The Morgan fingerprint density at radius 3 is 2.67 bits per heavy atom. The molecular weight excluding hydrogens is 418 g/mol. The summed E-state index contributed by atoms with van der Waals surface area (Å²) >= 11 is 7.93. The maximum atomic E-state index is 11.5. The van der Waals surface area contributed by atoms with E-state index in [0.717, 1.165) is 33.2 Å². The molecule has 3 aromatic carbocycles. The highest BCUT2D eigenvalue weighted by atomic mass is 35.5. The summed E-state index contributed by atoms with van der Waals surface area (Å²) in [5.41, 5.74) is 7.05. The number of nitrogens with one attached hydrogen (secondary N) is 1. The van der Waals surface area contributed by atoms with Crippen LogP contribution in [0.3, 0.4) is 0 Å². The Morgan fingerprint density at radius 1 is 1.13 bits per heavy atom. The van der Waals surface area contributed by atoms with Crippen molar-refractivity contribution in [3.05, 3.63) is 94.5 Å². The molecule has 0 fully saturated rings. The summed E-state index contributed by atoms with van der Waals surface area (Å²) in [5.74, 6) is 0.732. The van der Waals surface area contributed by atoms with Crippen molar-refractivity contribution < 1.29 is 9.84 Å². The van der Waals surface area contributed by atoms with Crippen molar-refractivity contribution in [3.63, 3.8) is 0 Å². The number of hydrogen-bond acceptors (Lipinski definition) is 6. The van der Waals surface area contributed by atoms with E-state index in [4.69, 9.17) is 16.3 Å². The first-order valence-corrected chi connectivity index (χ1v) is 10.8. The van der Waals surface area contributed by atoms with E-state index in [1.54, 1.807) is 7.11 Å². The second-order valence-corrected chi connectivity index (χ2v) is 8.85. The number of rotatable bonds is 4.